The van der Waals surface area contributed by atoms with E-state index in [1.165, 1.54) is 11.3 Å². The Morgan fingerprint density at radius 2 is 2.17 bits per heavy atom. The van der Waals surface area contributed by atoms with Gasteiger partial charge in [-0.25, -0.2) is 9.78 Å². The third-order valence-electron chi connectivity index (χ3n) is 3.30. The molecule has 0 spiro atoms. The summed E-state index contributed by atoms with van der Waals surface area (Å²) in [5.41, 5.74) is 0.705. The number of aryl methyl sites for hydroxylation is 1. The fourth-order valence-electron chi connectivity index (χ4n) is 2.05. The monoisotopic (exact) mass is 355 g/mol. The van der Waals surface area contributed by atoms with Crippen LogP contribution in [0.1, 0.15) is 46.7 Å². The topological polar surface area (TPSA) is 78.8 Å². The molecule has 0 saturated heterocycles. The second kappa shape index (κ2) is 10.2. The van der Waals surface area contributed by atoms with Gasteiger partial charge in [0.2, 0.25) is 0 Å². The van der Waals surface area contributed by atoms with Gasteiger partial charge in [-0.2, -0.15) is 0 Å². The molecule has 0 saturated carbocycles. The first-order valence-corrected chi connectivity index (χ1v) is 8.97. The number of esters is 1. The molecule has 7 nitrogen and oxygen atoms in total. The molecule has 1 heterocycles. The number of ether oxygens (including phenoxy) is 1. The molecule has 0 amide bonds. The lowest BCUT2D eigenvalue weighted by Gasteiger charge is -2.17. The van der Waals surface area contributed by atoms with Gasteiger partial charge < -0.3 is 20.3 Å². The zero-order chi connectivity index (χ0) is 18.1. The summed E-state index contributed by atoms with van der Waals surface area (Å²) in [5.74, 6) is 0.420. The van der Waals surface area contributed by atoms with Gasteiger partial charge in [0.25, 0.3) is 0 Å². The minimum absolute atomic E-state index is 0.0445. The average Bonchev–Trinajstić information content (AvgIpc) is 2.92. The van der Waals surface area contributed by atoms with Gasteiger partial charge in [0, 0.05) is 13.6 Å². The Labute approximate surface area is 148 Å². The van der Waals surface area contributed by atoms with E-state index >= 15 is 0 Å². The van der Waals surface area contributed by atoms with Crippen LogP contribution in [0, 0.1) is 6.92 Å². The van der Waals surface area contributed by atoms with Crippen molar-refractivity contribution in [1.82, 2.24) is 20.5 Å². The van der Waals surface area contributed by atoms with E-state index in [9.17, 15) is 4.79 Å². The Kier molecular flexibility index (Phi) is 8.70. The van der Waals surface area contributed by atoms with Crippen LogP contribution in [-0.2, 0) is 4.74 Å². The lowest BCUT2D eigenvalue weighted by atomic mass is 10.3. The molecule has 0 aromatic carbocycles. The SMILES string of the molecule is CCOC(=O)c1sc(C(C)NC(=NC)NCCCN(C)C)nc1C. The number of nitrogens with one attached hydrogen (secondary N) is 2. The number of carbonyl (C=O) groups is 1. The normalized spacial score (nSPS) is 13.0. The van der Waals surface area contributed by atoms with Crippen molar-refractivity contribution >= 4 is 23.3 Å². The van der Waals surface area contributed by atoms with Crippen LogP contribution in [0.2, 0.25) is 0 Å². The molecule has 1 rings (SSSR count). The van der Waals surface area contributed by atoms with Crippen LogP contribution in [0.25, 0.3) is 0 Å². The summed E-state index contributed by atoms with van der Waals surface area (Å²) in [4.78, 5) is 23.3. The minimum Gasteiger partial charge on any atom is -0.462 e. The van der Waals surface area contributed by atoms with Crippen LogP contribution in [0.4, 0.5) is 0 Å². The Balaban J connectivity index is 2.61. The fraction of sp³-hybridized carbons (Fsp3) is 0.688. The molecule has 1 unspecified atom stereocenters. The maximum Gasteiger partial charge on any atom is 0.350 e. The van der Waals surface area contributed by atoms with E-state index in [0.717, 1.165) is 30.5 Å². The quantitative estimate of drug-likeness (QED) is 0.320. The molecule has 0 aliphatic heterocycles. The molecule has 2 N–H and O–H groups in total. The first kappa shape index (κ1) is 20.4. The van der Waals surface area contributed by atoms with Crippen molar-refractivity contribution in [2.24, 2.45) is 4.99 Å². The third-order valence-corrected chi connectivity index (χ3v) is 4.62. The number of aliphatic imine (C=N–C) groups is 1. The van der Waals surface area contributed by atoms with Gasteiger partial charge in [0.05, 0.1) is 18.3 Å². The highest BCUT2D eigenvalue weighted by Gasteiger charge is 2.19. The average molecular weight is 356 g/mol. The molecular weight excluding hydrogens is 326 g/mol. The standard InChI is InChI=1S/C16H29N5O2S/c1-7-23-15(22)13-11(2)19-14(24-13)12(3)20-16(17-4)18-9-8-10-21(5)6/h12H,7-10H2,1-6H3,(H2,17,18,20). The van der Waals surface area contributed by atoms with Crippen LogP contribution in [0.3, 0.4) is 0 Å². The summed E-state index contributed by atoms with van der Waals surface area (Å²) in [6, 6.07) is -0.0445. The highest BCUT2D eigenvalue weighted by molar-refractivity contribution is 7.13. The second-order valence-corrected chi connectivity index (χ2v) is 6.74. The van der Waals surface area contributed by atoms with Crippen molar-refractivity contribution in [1.29, 1.82) is 0 Å². The maximum atomic E-state index is 11.9. The predicted octanol–water partition coefficient (Wildman–Crippen LogP) is 1.81. The molecule has 8 heteroatoms. The zero-order valence-electron chi connectivity index (χ0n) is 15.5. The number of thiazole rings is 1. The third kappa shape index (κ3) is 6.45. The molecule has 136 valence electrons. The van der Waals surface area contributed by atoms with Crippen molar-refractivity contribution in [2.75, 3.05) is 40.8 Å². The molecule has 0 radical (unpaired) electrons. The van der Waals surface area contributed by atoms with Crippen LogP contribution >= 0.6 is 11.3 Å². The molecule has 0 aliphatic carbocycles. The molecule has 1 aromatic heterocycles. The summed E-state index contributed by atoms with van der Waals surface area (Å²) >= 11 is 1.36. The molecule has 24 heavy (non-hydrogen) atoms. The fourth-order valence-corrected chi connectivity index (χ4v) is 3.02. The van der Waals surface area contributed by atoms with E-state index in [2.05, 4.69) is 39.6 Å². The van der Waals surface area contributed by atoms with E-state index in [0.29, 0.717) is 17.2 Å². The summed E-state index contributed by atoms with van der Waals surface area (Å²) in [7, 11) is 5.85. The lowest BCUT2D eigenvalue weighted by molar-refractivity contribution is 0.0531. The smallest absolute Gasteiger partial charge is 0.350 e. The van der Waals surface area contributed by atoms with E-state index in [1.54, 1.807) is 14.0 Å². The molecule has 0 fully saturated rings. The van der Waals surface area contributed by atoms with Gasteiger partial charge in [0.1, 0.15) is 9.88 Å². The number of aromatic nitrogens is 1. The van der Waals surface area contributed by atoms with Gasteiger partial charge >= 0.3 is 5.97 Å². The molecular formula is C16H29N5O2S. The van der Waals surface area contributed by atoms with Gasteiger partial charge in [-0.1, -0.05) is 0 Å². The molecule has 0 aliphatic rings. The second-order valence-electron chi connectivity index (χ2n) is 5.71. The van der Waals surface area contributed by atoms with Crippen molar-refractivity contribution in [2.45, 2.75) is 33.2 Å². The zero-order valence-corrected chi connectivity index (χ0v) is 16.3. The Hall–Kier alpha value is -1.67. The summed E-state index contributed by atoms with van der Waals surface area (Å²) < 4.78 is 5.06. The molecule has 0 bridgehead atoms. The first-order chi connectivity index (χ1) is 11.4. The van der Waals surface area contributed by atoms with Crippen molar-refractivity contribution < 1.29 is 9.53 Å². The van der Waals surface area contributed by atoms with E-state index in [1.807, 2.05) is 13.8 Å². The number of hydrogen-bond donors (Lipinski definition) is 2. The van der Waals surface area contributed by atoms with E-state index in [4.69, 9.17) is 4.74 Å². The number of guanidine groups is 1. The molecule has 1 aromatic rings. The largest absolute Gasteiger partial charge is 0.462 e. The van der Waals surface area contributed by atoms with Gasteiger partial charge in [-0.05, 0) is 47.8 Å². The Morgan fingerprint density at radius 3 is 2.75 bits per heavy atom. The lowest BCUT2D eigenvalue weighted by Crippen LogP contribution is -2.39. The number of rotatable bonds is 8. The molecule has 1 atom stereocenters. The van der Waals surface area contributed by atoms with Crippen LogP contribution in [0.15, 0.2) is 4.99 Å². The number of nitrogens with zero attached hydrogens (tertiary/aromatic N) is 3. The highest BCUT2D eigenvalue weighted by Crippen LogP contribution is 2.24. The number of carbonyl (C=O) groups excluding carboxylic acids is 1. The minimum atomic E-state index is -0.308. The van der Waals surface area contributed by atoms with Crippen LogP contribution in [-0.4, -0.2) is 62.7 Å². The number of hydrogen-bond acceptors (Lipinski definition) is 6. The van der Waals surface area contributed by atoms with E-state index < -0.39 is 0 Å². The van der Waals surface area contributed by atoms with Crippen LogP contribution < -0.4 is 10.6 Å². The van der Waals surface area contributed by atoms with E-state index in [-0.39, 0.29) is 12.0 Å². The van der Waals surface area contributed by atoms with Gasteiger partial charge in [-0.3, -0.25) is 4.99 Å². The first-order valence-electron chi connectivity index (χ1n) is 8.15. The summed E-state index contributed by atoms with van der Waals surface area (Å²) in [6.45, 7) is 7.85. The van der Waals surface area contributed by atoms with Crippen molar-refractivity contribution in [3.63, 3.8) is 0 Å². The van der Waals surface area contributed by atoms with Crippen molar-refractivity contribution in [3.05, 3.63) is 15.6 Å². The highest BCUT2D eigenvalue weighted by atomic mass is 32.1. The maximum absolute atomic E-state index is 11.9. The summed E-state index contributed by atoms with van der Waals surface area (Å²) in [5, 5.41) is 7.43. The summed E-state index contributed by atoms with van der Waals surface area (Å²) in [6.07, 6.45) is 1.03. The van der Waals surface area contributed by atoms with Gasteiger partial charge in [-0.15, -0.1) is 11.3 Å². The van der Waals surface area contributed by atoms with Gasteiger partial charge in [0.15, 0.2) is 5.96 Å². The predicted molar refractivity (Wildman–Crippen MR) is 98.9 cm³/mol. The Bertz CT molecular complexity index is 557. The van der Waals surface area contributed by atoms with Crippen LogP contribution in [0.5, 0.6) is 0 Å². The Morgan fingerprint density at radius 1 is 1.46 bits per heavy atom. The van der Waals surface area contributed by atoms with Crippen molar-refractivity contribution in [3.8, 4) is 0 Å².